The van der Waals surface area contributed by atoms with Crippen molar-refractivity contribution < 1.29 is 20.1 Å². The SMILES string of the molecule is OC[C@H]1O[C@@H](n2cnc3nccnc32)[C@H](O)[C@@H]1O. The Kier molecular flexibility index (Phi) is 2.71. The molecular weight excluding hydrogens is 240 g/mol. The van der Waals surface area contributed by atoms with Crippen molar-refractivity contribution in [1.29, 1.82) is 0 Å². The topological polar surface area (TPSA) is 114 Å². The molecule has 8 heteroatoms. The summed E-state index contributed by atoms with van der Waals surface area (Å²) >= 11 is 0. The number of nitrogens with zero attached hydrogens (tertiary/aromatic N) is 4. The minimum absolute atomic E-state index is 0.368. The highest BCUT2D eigenvalue weighted by Crippen LogP contribution is 2.30. The van der Waals surface area contributed by atoms with Gasteiger partial charge in [-0.3, -0.25) is 4.57 Å². The molecule has 0 aromatic carbocycles. The molecule has 0 radical (unpaired) electrons. The molecule has 1 saturated heterocycles. The van der Waals surface area contributed by atoms with Gasteiger partial charge >= 0.3 is 0 Å². The van der Waals surface area contributed by atoms with Crippen LogP contribution in [-0.4, -0.2) is 59.8 Å². The smallest absolute Gasteiger partial charge is 0.197 e. The number of hydrogen-bond acceptors (Lipinski definition) is 7. The maximum absolute atomic E-state index is 9.91. The molecule has 1 aliphatic heterocycles. The Balaban J connectivity index is 2.00. The molecule has 3 heterocycles. The Labute approximate surface area is 102 Å². The van der Waals surface area contributed by atoms with E-state index in [0.717, 1.165) is 0 Å². The average molecular weight is 252 g/mol. The second-order valence-corrected chi connectivity index (χ2v) is 4.08. The fourth-order valence-corrected chi connectivity index (χ4v) is 2.06. The molecule has 8 nitrogen and oxygen atoms in total. The van der Waals surface area contributed by atoms with Crippen LogP contribution in [0.4, 0.5) is 0 Å². The fourth-order valence-electron chi connectivity index (χ4n) is 2.06. The lowest BCUT2D eigenvalue weighted by Crippen LogP contribution is -2.33. The summed E-state index contributed by atoms with van der Waals surface area (Å²) in [4.78, 5) is 12.1. The van der Waals surface area contributed by atoms with Crippen molar-refractivity contribution in [1.82, 2.24) is 19.5 Å². The van der Waals surface area contributed by atoms with Gasteiger partial charge in [-0.25, -0.2) is 15.0 Å². The first kappa shape index (κ1) is 11.5. The van der Waals surface area contributed by atoms with Gasteiger partial charge in [-0.1, -0.05) is 0 Å². The highest BCUT2D eigenvalue weighted by molar-refractivity contribution is 5.64. The van der Waals surface area contributed by atoms with E-state index in [1.54, 1.807) is 0 Å². The first-order valence-corrected chi connectivity index (χ1v) is 5.48. The molecule has 3 rings (SSSR count). The van der Waals surface area contributed by atoms with Crippen molar-refractivity contribution in [3.8, 4) is 0 Å². The van der Waals surface area contributed by atoms with Crippen LogP contribution in [0.5, 0.6) is 0 Å². The third-order valence-electron chi connectivity index (χ3n) is 3.00. The lowest BCUT2D eigenvalue weighted by molar-refractivity contribution is -0.0511. The van der Waals surface area contributed by atoms with E-state index in [1.165, 1.54) is 23.3 Å². The van der Waals surface area contributed by atoms with Crippen LogP contribution in [0.25, 0.3) is 11.3 Å². The predicted molar refractivity (Wildman–Crippen MR) is 58.3 cm³/mol. The molecule has 0 unspecified atom stereocenters. The van der Waals surface area contributed by atoms with Crippen LogP contribution < -0.4 is 0 Å². The quantitative estimate of drug-likeness (QED) is 0.592. The molecule has 0 aliphatic carbocycles. The summed E-state index contributed by atoms with van der Waals surface area (Å²) in [6.07, 6.45) is 0.498. The molecule has 0 amide bonds. The van der Waals surface area contributed by atoms with Gasteiger partial charge in [-0.05, 0) is 0 Å². The van der Waals surface area contributed by atoms with Gasteiger partial charge in [0.1, 0.15) is 24.6 Å². The summed E-state index contributed by atoms with van der Waals surface area (Å²) in [5.41, 5.74) is 0.877. The number of ether oxygens (including phenoxy) is 1. The van der Waals surface area contributed by atoms with Crippen molar-refractivity contribution in [2.45, 2.75) is 24.5 Å². The lowest BCUT2D eigenvalue weighted by atomic mass is 10.1. The van der Waals surface area contributed by atoms with Gasteiger partial charge in [0.05, 0.1) is 6.61 Å². The minimum Gasteiger partial charge on any atom is -0.394 e. The van der Waals surface area contributed by atoms with Crippen LogP contribution in [0, 0.1) is 0 Å². The van der Waals surface area contributed by atoms with Crippen molar-refractivity contribution in [2.24, 2.45) is 0 Å². The first-order valence-electron chi connectivity index (χ1n) is 5.48. The standard InChI is InChI=1S/C10H12N4O4/c15-3-5-6(16)7(17)10(18-5)14-4-13-8-9(14)12-2-1-11-8/h1-2,4-7,10,15-17H,3H2/t5-,6-,7-,10-/m1/s1. The highest BCUT2D eigenvalue weighted by Gasteiger charge is 2.43. The third kappa shape index (κ3) is 1.58. The van der Waals surface area contributed by atoms with E-state index in [0.29, 0.717) is 11.3 Å². The second-order valence-electron chi connectivity index (χ2n) is 4.08. The van der Waals surface area contributed by atoms with E-state index in [9.17, 15) is 10.2 Å². The second kappa shape index (κ2) is 4.25. The van der Waals surface area contributed by atoms with Gasteiger partial charge in [0.25, 0.3) is 0 Å². The van der Waals surface area contributed by atoms with E-state index in [-0.39, 0.29) is 6.61 Å². The fraction of sp³-hybridized carbons (Fsp3) is 0.500. The summed E-state index contributed by atoms with van der Waals surface area (Å²) in [5.74, 6) is 0. The van der Waals surface area contributed by atoms with Crippen molar-refractivity contribution in [3.63, 3.8) is 0 Å². The zero-order chi connectivity index (χ0) is 12.7. The molecule has 0 bridgehead atoms. The normalized spacial score (nSPS) is 32.2. The van der Waals surface area contributed by atoms with Gasteiger partial charge in [0.2, 0.25) is 0 Å². The van der Waals surface area contributed by atoms with E-state index in [1.807, 2.05) is 0 Å². The number of hydrogen-bond donors (Lipinski definition) is 3. The van der Waals surface area contributed by atoms with Crippen molar-refractivity contribution >= 4 is 11.3 Å². The minimum atomic E-state index is -1.15. The molecule has 2 aromatic heterocycles. The molecule has 18 heavy (non-hydrogen) atoms. The molecule has 4 atom stereocenters. The molecular formula is C10H12N4O4. The number of aliphatic hydroxyl groups is 3. The summed E-state index contributed by atoms with van der Waals surface area (Å²) in [6, 6.07) is 0. The Morgan fingerprint density at radius 1 is 1.17 bits per heavy atom. The first-order chi connectivity index (χ1) is 8.72. The van der Waals surface area contributed by atoms with Crippen molar-refractivity contribution in [2.75, 3.05) is 6.61 Å². The largest absolute Gasteiger partial charge is 0.394 e. The Hall–Kier alpha value is -1.61. The van der Waals surface area contributed by atoms with Crippen LogP contribution in [0.3, 0.4) is 0 Å². The number of fused-ring (bicyclic) bond motifs is 1. The summed E-state index contributed by atoms with van der Waals surface area (Å²) in [6.45, 7) is -0.368. The monoisotopic (exact) mass is 252 g/mol. The van der Waals surface area contributed by atoms with Crippen LogP contribution in [0.1, 0.15) is 6.23 Å². The number of aromatic nitrogens is 4. The molecule has 1 fully saturated rings. The van der Waals surface area contributed by atoms with Gasteiger partial charge in [0, 0.05) is 12.4 Å². The highest BCUT2D eigenvalue weighted by atomic mass is 16.6. The third-order valence-corrected chi connectivity index (χ3v) is 3.00. The Bertz CT molecular complexity index is 560. The molecule has 0 saturated carbocycles. The number of rotatable bonds is 2. The van der Waals surface area contributed by atoms with Crippen molar-refractivity contribution in [3.05, 3.63) is 18.7 Å². The molecule has 2 aromatic rings. The van der Waals surface area contributed by atoms with Crippen LogP contribution >= 0.6 is 0 Å². The zero-order valence-corrected chi connectivity index (χ0v) is 9.29. The average Bonchev–Trinajstić information content (AvgIpc) is 2.93. The molecule has 96 valence electrons. The van der Waals surface area contributed by atoms with E-state index < -0.39 is 24.5 Å². The molecule has 1 aliphatic rings. The van der Waals surface area contributed by atoms with E-state index >= 15 is 0 Å². The number of aliphatic hydroxyl groups excluding tert-OH is 3. The maximum Gasteiger partial charge on any atom is 0.197 e. The van der Waals surface area contributed by atoms with Crippen LogP contribution in [-0.2, 0) is 4.74 Å². The Morgan fingerprint density at radius 3 is 2.67 bits per heavy atom. The zero-order valence-electron chi connectivity index (χ0n) is 9.29. The summed E-state index contributed by atoms with van der Waals surface area (Å²) in [7, 11) is 0. The lowest BCUT2D eigenvalue weighted by Gasteiger charge is -2.16. The summed E-state index contributed by atoms with van der Waals surface area (Å²) < 4.78 is 6.88. The van der Waals surface area contributed by atoms with E-state index in [2.05, 4.69) is 15.0 Å². The van der Waals surface area contributed by atoms with E-state index in [4.69, 9.17) is 9.84 Å². The van der Waals surface area contributed by atoms with Gasteiger partial charge in [-0.15, -0.1) is 0 Å². The molecule has 0 spiro atoms. The molecule has 3 N–H and O–H groups in total. The van der Waals surface area contributed by atoms with Crippen LogP contribution in [0.2, 0.25) is 0 Å². The van der Waals surface area contributed by atoms with Gasteiger partial charge in [0.15, 0.2) is 17.5 Å². The van der Waals surface area contributed by atoms with Gasteiger partial charge < -0.3 is 20.1 Å². The Morgan fingerprint density at radius 2 is 1.94 bits per heavy atom. The predicted octanol–water partition coefficient (Wildman–Crippen LogP) is -1.56. The van der Waals surface area contributed by atoms with Gasteiger partial charge in [-0.2, -0.15) is 0 Å². The number of imidazole rings is 1. The maximum atomic E-state index is 9.91. The van der Waals surface area contributed by atoms with Crippen LogP contribution in [0.15, 0.2) is 18.7 Å². The summed E-state index contributed by atoms with van der Waals surface area (Å²) in [5, 5.41) is 28.6.